The van der Waals surface area contributed by atoms with E-state index in [-0.39, 0.29) is 5.92 Å². The Bertz CT molecular complexity index is 952. The molecular weight excluding hydrogens is 430 g/mol. The lowest BCUT2D eigenvalue weighted by Gasteiger charge is -2.47. The van der Waals surface area contributed by atoms with Gasteiger partial charge in [0.25, 0.3) is 0 Å². The van der Waals surface area contributed by atoms with E-state index in [1.54, 1.807) is 11.8 Å². The fourth-order valence-electron chi connectivity index (χ4n) is 4.53. The Morgan fingerprint density at radius 3 is 2.79 bits per heavy atom. The summed E-state index contributed by atoms with van der Waals surface area (Å²) in [4.78, 5) is 2.46. The number of rotatable bonds is 4. The largest absolute Gasteiger partial charge is 0.373 e. The third kappa shape index (κ3) is 3.66. The quantitative estimate of drug-likeness (QED) is 0.689. The summed E-state index contributed by atoms with van der Waals surface area (Å²) in [5.74, 6) is 1.06. The van der Waals surface area contributed by atoms with Crippen LogP contribution in [0.2, 0.25) is 0 Å². The van der Waals surface area contributed by atoms with E-state index in [0.717, 1.165) is 41.9 Å². The molecule has 1 aliphatic carbocycles. The van der Waals surface area contributed by atoms with Crippen molar-refractivity contribution in [2.24, 2.45) is 11.8 Å². The van der Waals surface area contributed by atoms with Gasteiger partial charge in [-0.3, -0.25) is 0 Å². The molecule has 2 aliphatic rings. The van der Waals surface area contributed by atoms with E-state index in [2.05, 4.69) is 86.6 Å². The van der Waals surface area contributed by atoms with Crippen LogP contribution >= 0.6 is 15.9 Å². The Morgan fingerprint density at radius 2 is 2.14 bits per heavy atom. The van der Waals surface area contributed by atoms with Gasteiger partial charge >= 0.3 is 0 Å². The van der Waals surface area contributed by atoms with Gasteiger partial charge in [-0.25, -0.2) is 0 Å². The Labute approximate surface area is 180 Å². The van der Waals surface area contributed by atoms with Crippen LogP contribution in [-0.4, -0.2) is 46.0 Å². The number of ether oxygens (including phenoxy) is 1. The molecule has 1 aromatic heterocycles. The van der Waals surface area contributed by atoms with Crippen molar-refractivity contribution in [2.45, 2.75) is 32.3 Å². The maximum Gasteiger partial charge on any atom is 0.153 e. The van der Waals surface area contributed by atoms with Crippen molar-refractivity contribution in [3.8, 4) is 0 Å². The molecule has 0 N–H and O–H groups in total. The van der Waals surface area contributed by atoms with Crippen LogP contribution in [0.15, 0.2) is 40.9 Å². The third-order valence-electron chi connectivity index (χ3n) is 6.27. The molecule has 0 bridgehead atoms. The van der Waals surface area contributed by atoms with Gasteiger partial charge in [-0.05, 0) is 73.9 Å². The highest BCUT2D eigenvalue weighted by Crippen LogP contribution is 2.42. The van der Waals surface area contributed by atoms with Crippen LogP contribution in [0.1, 0.15) is 24.2 Å². The number of aryl methyl sites for hydroxylation is 2. The molecule has 2 aromatic rings. The lowest BCUT2D eigenvalue weighted by atomic mass is 9.71. The van der Waals surface area contributed by atoms with Gasteiger partial charge < -0.3 is 9.64 Å². The number of hydrogen-bond acceptors (Lipinski definition) is 5. The minimum atomic E-state index is -0.438. The molecule has 0 saturated carbocycles. The van der Waals surface area contributed by atoms with Gasteiger partial charge in [0.05, 0.1) is 11.3 Å². The number of hydrogen-bond donors (Lipinski definition) is 0. The topological polar surface area (TPSA) is 56.1 Å². The first-order valence-corrected chi connectivity index (χ1v) is 10.8. The monoisotopic (exact) mass is 456 g/mol. The average molecular weight is 457 g/mol. The second-order valence-corrected chi connectivity index (χ2v) is 8.80. The Balaban J connectivity index is 1.59. The first-order chi connectivity index (χ1) is 13.9. The van der Waals surface area contributed by atoms with Crippen molar-refractivity contribution < 1.29 is 4.74 Å². The second kappa shape index (κ2) is 8.03. The lowest BCUT2D eigenvalue weighted by Crippen LogP contribution is -2.52. The summed E-state index contributed by atoms with van der Waals surface area (Å²) in [5, 5.41) is 11.8. The number of halogens is 1. The number of methoxy groups -OCH3 is 1. The second-order valence-electron chi connectivity index (χ2n) is 7.95. The molecule has 0 spiro atoms. The minimum absolute atomic E-state index is 0.0363. The molecule has 3 atom stereocenters. The minimum Gasteiger partial charge on any atom is -0.373 e. The Kier molecular flexibility index (Phi) is 5.62. The van der Waals surface area contributed by atoms with Crippen LogP contribution in [0.5, 0.6) is 0 Å². The SMILES string of the molecule is [CH2][C@@H]1C=C(n2nnnc2C)C=C[C@@]1(OC)C1CCCN(c2ccc(C)c(Br)c2)C1. The summed E-state index contributed by atoms with van der Waals surface area (Å²) in [6.07, 6.45) is 8.59. The molecule has 1 radical (unpaired) electrons. The molecule has 29 heavy (non-hydrogen) atoms. The first-order valence-electron chi connectivity index (χ1n) is 10.0. The van der Waals surface area contributed by atoms with Crippen LogP contribution in [0.3, 0.4) is 0 Å². The predicted octanol–water partition coefficient (Wildman–Crippen LogP) is 4.22. The summed E-state index contributed by atoms with van der Waals surface area (Å²) < 4.78 is 9.05. The third-order valence-corrected chi connectivity index (χ3v) is 7.12. The zero-order valence-corrected chi connectivity index (χ0v) is 18.8. The highest BCUT2D eigenvalue weighted by Gasteiger charge is 2.44. The highest BCUT2D eigenvalue weighted by molar-refractivity contribution is 9.10. The fourth-order valence-corrected chi connectivity index (χ4v) is 4.89. The molecule has 6 nitrogen and oxygen atoms in total. The van der Waals surface area contributed by atoms with Crippen LogP contribution < -0.4 is 4.90 Å². The normalized spacial score (nSPS) is 27.2. The lowest BCUT2D eigenvalue weighted by molar-refractivity contribution is -0.0433. The number of allylic oxidation sites excluding steroid dienone is 2. The molecule has 2 heterocycles. The zero-order valence-electron chi connectivity index (χ0n) is 17.2. The van der Waals surface area contributed by atoms with E-state index in [4.69, 9.17) is 4.74 Å². The summed E-state index contributed by atoms with van der Waals surface area (Å²) in [7, 11) is 1.80. The number of benzene rings is 1. The van der Waals surface area contributed by atoms with Gasteiger partial charge in [0.15, 0.2) is 5.82 Å². The smallest absolute Gasteiger partial charge is 0.153 e. The molecule has 153 valence electrons. The molecule has 1 aliphatic heterocycles. The standard InChI is InChI=1S/C22H27BrN5O/c1-15-7-8-19(13-21(15)23)27-11-5-6-18(14-27)22(29-4)10-9-20(12-16(22)2)28-17(3)24-25-26-28/h7-10,12-13,16,18H,2,5-6,11,14H2,1,3-4H3/t16-,18?,22+/m1/s1. The van der Waals surface area contributed by atoms with Gasteiger partial charge in [0, 0.05) is 42.2 Å². The maximum atomic E-state index is 6.16. The molecule has 1 fully saturated rings. The average Bonchev–Trinajstić information content (AvgIpc) is 3.16. The predicted molar refractivity (Wildman–Crippen MR) is 118 cm³/mol. The molecule has 4 rings (SSSR count). The molecular formula is C22H27BrN5O. The van der Waals surface area contributed by atoms with Gasteiger partial charge in [0.2, 0.25) is 0 Å². The zero-order chi connectivity index (χ0) is 20.6. The van der Waals surface area contributed by atoms with Crippen molar-refractivity contribution in [1.82, 2.24) is 20.2 Å². The van der Waals surface area contributed by atoms with E-state index in [9.17, 15) is 0 Å². The molecule has 0 amide bonds. The van der Waals surface area contributed by atoms with Crippen LogP contribution in [-0.2, 0) is 4.74 Å². The summed E-state index contributed by atoms with van der Waals surface area (Å²) in [6, 6.07) is 6.59. The van der Waals surface area contributed by atoms with Crippen molar-refractivity contribution >= 4 is 27.3 Å². The van der Waals surface area contributed by atoms with E-state index in [1.165, 1.54) is 11.3 Å². The van der Waals surface area contributed by atoms with Gasteiger partial charge in [-0.1, -0.05) is 28.1 Å². The number of piperidine rings is 1. The molecule has 7 heteroatoms. The van der Waals surface area contributed by atoms with Crippen molar-refractivity contribution in [3.63, 3.8) is 0 Å². The Morgan fingerprint density at radius 1 is 1.31 bits per heavy atom. The fraction of sp³-hybridized carbons (Fsp3) is 0.455. The number of aromatic nitrogens is 4. The molecule has 1 unspecified atom stereocenters. The van der Waals surface area contributed by atoms with Crippen molar-refractivity contribution in [1.29, 1.82) is 0 Å². The van der Waals surface area contributed by atoms with E-state index < -0.39 is 5.60 Å². The van der Waals surface area contributed by atoms with Crippen LogP contribution in [0.25, 0.3) is 5.70 Å². The van der Waals surface area contributed by atoms with Gasteiger partial charge in [-0.2, -0.15) is 4.68 Å². The van der Waals surface area contributed by atoms with Gasteiger partial charge in [-0.15, -0.1) is 5.10 Å². The van der Waals surface area contributed by atoms with Gasteiger partial charge in [0.1, 0.15) is 0 Å². The highest BCUT2D eigenvalue weighted by atomic mass is 79.9. The number of nitrogens with zero attached hydrogens (tertiary/aromatic N) is 5. The first kappa shape index (κ1) is 20.3. The van der Waals surface area contributed by atoms with E-state index in [1.807, 2.05) is 6.92 Å². The van der Waals surface area contributed by atoms with E-state index >= 15 is 0 Å². The van der Waals surface area contributed by atoms with Crippen LogP contribution in [0.4, 0.5) is 5.69 Å². The summed E-state index contributed by atoms with van der Waals surface area (Å²) in [5.41, 5.74) is 3.00. The molecule has 1 aromatic carbocycles. The summed E-state index contributed by atoms with van der Waals surface area (Å²) >= 11 is 3.67. The maximum absolute atomic E-state index is 6.16. The Hall–Kier alpha value is -1.99. The van der Waals surface area contributed by atoms with Crippen molar-refractivity contribution in [3.05, 3.63) is 59.2 Å². The molecule has 1 saturated heterocycles. The number of tetrazole rings is 1. The van der Waals surface area contributed by atoms with E-state index in [0.29, 0.717) is 5.92 Å². The van der Waals surface area contributed by atoms with Crippen molar-refractivity contribution in [2.75, 3.05) is 25.1 Å². The summed E-state index contributed by atoms with van der Waals surface area (Å²) in [6.45, 7) is 10.5. The number of anilines is 1. The van der Waals surface area contributed by atoms with Crippen LogP contribution in [0, 0.1) is 32.6 Å².